The molecule has 100 valence electrons. The SMILES string of the molecule is Cc1cc(C(=O)NCC2CC2)ccc1C#CCCO. The molecule has 19 heavy (non-hydrogen) atoms. The lowest BCUT2D eigenvalue weighted by atomic mass is 10.0. The van der Waals surface area contributed by atoms with Crippen molar-refractivity contribution in [2.75, 3.05) is 13.2 Å². The zero-order valence-corrected chi connectivity index (χ0v) is 11.2. The van der Waals surface area contributed by atoms with Gasteiger partial charge in [0.2, 0.25) is 0 Å². The lowest BCUT2D eigenvalue weighted by Crippen LogP contribution is -2.25. The van der Waals surface area contributed by atoms with E-state index in [2.05, 4.69) is 17.2 Å². The van der Waals surface area contributed by atoms with Crippen LogP contribution in [0.15, 0.2) is 18.2 Å². The van der Waals surface area contributed by atoms with E-state index in [0.29, 0.717) is 17.9 Å². The zero-order valence-electron chi connectivity index (χ0n) is 11.2. The molecule has 0 radical (unpaired) electrons. The summed E-state index contributed by atoms with van der Waals surface area (Å²) in [5, 5.41) is 11.6. The number of aryl methyl sites for hydroxylation is 1. The van der Waals surface area contributed by atoms with Crippen LogP contribution in [0.3, 0.4) is 0 Å². The Morgan fingerprint density at radius 2 is 2.26 bits per heavy atom. The first-order valence-electron chi connectivity index (χ1n) is 6.69. The molecule has 1 aromatic rings. The van der Waals surface area contributed by atoms with Gasteiger partial charge in [-0.05, 0) is 49.4 Å². The van der Waals surface area contributed by atoms with Crippen LogP contribution in [-0.2, 0) is 0 Å². The number of rotatable bonds is 4. The predicted molar refractivity (Wildman–Crippen MR) is 74.8 cm³/mol. The molecule has 0 saturated heterocycles. The van der Waals surface area contributed by atoms with Crippen LogP contribution in [0.5, 0.6) is 0 Å². The molecule has 3 heteroatoms. The van der Waals surface area contributed by atoms with E-state index in [-0.39, 0.29) is 12.5 Å². The molecule has 1 aliphatic carbocycles. The molecular formula is C16H19NO2. The first kappa shape index (κ1) is 13.6. The Morgan fingerprint density at radius 3 is 2.89 bits per heavy atom. The Hall–Kier alpha value is -1.79. The van der Waals surface area contributed by atoms with Gasteiger partial charge in [-0.25, -0.2) is 0 Å². The highest BCUT2D eigenvalue weighted by Crippen LogP contribution is 2.27. The summed E-state index contributed by atoms with van der Waals surface area (Å²) in [6.45, 7) is 2.81. The molecule has 2 N–H and O–H groups in total. The quantitative estimate of drug-likeness (QED) is 0.809. The lowest BCUT2D eigenvalue weighted by molar-refractivity contribution is 0.0951. The number of benzene rings is 1. The summed E-state index contributed by atoms with van der Waals surface area (Å²) in [6.07, 6.45) is 2.94. The number of hydrogen-bond acceptors (Lipinski definition) is 2. The summed E-state index contributed by atoms with van der Waals surface area (Å²) in [5.74, 6) is 6.57. The van der Waals surface area contributed by atoms with E-state index in [1.54, 1.807) is 6.07 Å². The summed E-state index contributed by atoms with van der Waals surface area (Å²) in [4.78, 5) is 11.9. The third-order valence-electron chi connectivity index (χ3n) is 3.20. The third-order valence-corrected chi connectivity index (χ3v) is 3.20. The molecule has 0 spiro atoms. The molecule has 0 aliphatic heterocycles. The number of hydrogen-bond donors (Lipinski definition) is 2. The fraction of sp³-hybridized carbons (Fsp3) is 0.438. The van der Waals surface area contributed by atoms with Gasteiger partial charge in [0, 0.05) is 24.1 Å². The first-order valence-corrected chi connectivity index (χ1v) is 6.69. The van der Waals surface area contributed by atoms with Crippen LogP contribution < -0.4 is 5.32 Å². The van der Waals surface area contributed by atoms with Gasteiger partial charge in [0.1, 0.15) is 0 Å². The number of carbonyl (C=O) groups excluding carboxylic acids is 1. The average Bonchev–Trinajstić information content (AvgIpc) is 3.22. The van der Waals surface area contributed by atoms with Crippen LogP contribution in [-0.4, -0.2) is 24.2 Å². The Bertz CT molecular complexity index is 521. The van der Waals surface area contributed by atoms with Crippen molar-refractivity contribution in [2.45, 2.75) is 26.2 Å². The van der Waals surface area contributed by atoms with Crippen molar-refractivity contribution in [1.82, 2.24) is 5.32 Å². The van der Waals surface area contributed by atoms with Crippen LogP contribution in [0, 0.1) is 24.7 Å². The monoisotopic (exact) mass is 257 g/mol. The van der Waals surface area contributed by atoms with Gasteiger partial charge in [-0.1, -0.05) is 11.8 Å². The molecule has 3 nitrogen and oxygen atoms in total. The summed E-state index contributed by atoms with van der Waals surface area (Å²) in [7, 11) is 0. The minimum Gasteiger partial charge on any atom is -0.395 e. The van der Waals surface area contributed by atoms with E-state index in [1.165, 1.54) is 12.8 Å². The van der Waals surface area contributed by atoms with Crippen molar-refractivity contribution in [3.05, 3.63) is 34.9 Å². The van der Waals surface area contributed by atoms with E-state index in [4.69, 9.17) is 5.11 Å². The maximum absolute atomic E-state index is 11.9. The van der Waals surface area contributed by atoms with Gasteiger partial charge in [0.05, 0.1) is 6.61 Å². The highest BCUT2D eigenvalue weighted by Gasteiger charge is 2.21. The van der Waals surface area contributed by atoms with Gasteiger partial charge in [0.25, 0.3) is 5.91 Å². The third kappa shape index (κ3) is 4.11. The number of carbonyl (C=O) groups is 1. The molecule has 0 aromatic heterocycles. The second-order valence-electron chi connectivity index (χ2n) is 4.96. The molecular weight excluding hydrogens is 238 g/mol. The van der Waals surface area contributed by atoms with Crippen molar-refractivity contribution in [3.8, 4) is 11.8 Å². The summed E-state index contributed by atoms with van der Waals surface area (Å²) in [6, 6.07) is 5.54. The van der Waals surface area contributed by atoms with E-state index in [0.717, 1.165) is 17.7 Å². The van der Waals surface area contributed by atoms with Gasteiger partial charge in [-0.3, -0.25) is 4.79 Å². The molecule has 0 bridgehead atoms. The molecule has 0 heterocycles. The highest BCUT2D eigenvalue weighted by atomic mass is 16.2. The molecule has 0 atom stereocenters. The van der Waals surface area contributed by atoms with Crippen LogP contribution in [0.4, 0.5) is 0 Å². The lowest BCUT2D eigenvalue weighted by Gasteiger charge is -2.06. The smallest absolute Gasteiger partial charge is 0.251 e. The van der Waals surface area contributed by atoms with Gasteiger partial charge < -0.3 is 10.4 Å². The topological polar surface area (TPSA) is 49.3 Å². The number of aliphatic hydroxyl groups excluding tert-OH is 1. The Labute approximate surface area is 114 Å². The van der Waals surface area contributed by atoms with Crippen LogP contribution in [0.1, 0.15) is 40.7 Å². The second-order valence-corrected chi connectivity index (χ2v) is 4.96. The minimum absolute atomic E-state index is 0.00938. The van der Waals surface area contributed by atoms with E-state index in [9.17, 15) is 4.79 Å². The van der Waals surface area contributed by atoms with Crippen LogP contribution >= 0.6 is 0 Å². The Kier molecular flexibility index (Phi) is 4.59. The molecule has 2 rings (SSSR count). The van der Waals surface area contributed by atoms with Crippen molar-refractivity contribution < 1.29 is 9.90 Å². The molecule has 1 amide bonds. The predicted octanol–water partition coefficient (Wildman–Crippen LogP) is 1.87. The van der Waals surface area contributed by atoms with E-state index in [1.807, 2.05) is 19.1 Å². The summed E-state index contributed by atoms with van der Waals surface area (Å²) in [5.41, 5.74) is 2.59. The van der Waals surface area contributed by atoms with Crippen molar-refractivity contribution in [2.24, 2.45) is 5.92 Å². The number of aliphatic hydroxyl groups is 1. The van der Waals surface area contributed by atoms with Crippen LogP contribution in [0.25, 0.3) is 0 Å². The normalized spacial score (nSPS) is 13.6. The van der Waals surface area contributed by atoms with Gasteiger partial charge in [0.15, 0.2) is 0 Å². The molecule has 0 unspecified atom stereocenters. The van der Waals surface area contributed by atoms with Crippen LogP contribution in [0.2, 0.25) is 0 Å². The highest BCUT2D eigenvalue weighted by molar-refractivity contribution is 5.94. The fourth-order valence-corrected chi connectivity index (χ4v) is 1.82. The average molecular weight is 257 g/mol. The van der Waals surface area contributed by atoms with Crippen molar-refractivity contribution in [3.63, 3.8) is 0 Å². The van der Waals surface area contributed by atoms with Crippen molar-refractivity contribution in [1.29, 1.82) is 0 Å². The largest absolute Gasteiger partial charge is 0.395 e. The molecule has 1 aliphatic rings. The molecule has 1 aromatic carbocycles. The van der Waals surface area contributed by atoms with Gasteiger partial charge in [-0.2, -0.15) is 0 Å². The fourth-order valence-electron chi connectivity index (χ4n) is 1.82. The Balaban J connectivity index is 2.00. The number of nitrogens with one attached hydrogen (secondary N) is 1. The molecule has 1 saturated carbocycles. The number of amides is 1. The first-order chi connectivity index (χ1) is 9.20. The zero-order chi connectivity index (χ0) is 13.7. The van der Waals surface area contributed by atoms with Gasteiger partial charge >= 0.3 is 0 Å². The Morgan fingerprint density at radius 1 is 1.47 bits per heavy atom. The summed E-state index contributed by atoms with van der Waals surface area (Å²) < 4.78 is 0. The van der Waals surface area contributed by atoms with E-state index < -0.39 is 0 Å². The van der Waals surface area contributed by atoms with Gasteiger partial charge in [-0.15, -0.1) is 0 Å². The minimum atomic E-state index is -0.00938. The maximum atomic E-state index is 11.9. The standard InChI is InChI=1S/C16H19NO2/c1-12-10-15(16(19)17-11-13-5-6-13)8-7-14(12)4-2-3-9-18/h7-8,10,13,18H,3,5-6,9,11H2,1H3,(H,17,19). The van der Waals surface area contributed by atoms with Crippen molar-refractivity contribution >= 4 is 5.91 Å². The summed E-state index contributed by atoms with van der Waals surface area (Å²) >= 11 is 0. The maximum Gasteiger partial charge on any atom is 0.251 e. The second kappa shape index (κ2) is 6.40. The van der Waals surface area contributed by atoms with E-state index >= 15 is 0 Å². The molecule has 1 fully saturated rings.